The number of hydrogen-bond donors (Lipinski definition) is 2. The highest BCUT2D eigenvalue weighted by molar-refractivity contribution is 5.79. The van der Waals surface area contributed by atoms with Gasteiger partial charge >= 0.3 is 5.97 Å². The number of likely N-dealkylation sites (tertiary alicyclic amines) is 1. The van der Waals surface area contributed by atoms with Crippen LogP contribution in [0.25, 0.3) is 0 Å². The molecule has 0 aromatic carbocycles. The number of carboxylic acids is 1. The summed E-state index contributed by atoms with van der Waals surface area (Å²) in [4.78, 5) is 25.5. The Bertz CT molecular complexity index is 386. The molecule has 1 saturated heterocycles. The van der Waals surface area contributed by atoms with E-state index < -0.39 is 5.97 Å². The third-order valence-electron chi connectivity index (χ3n) is 5.21. The lowest BCUT2D eigenvalue weighted by Crippen LogP contribution is -2.49. The van der Waals surface area contributed by atoms with Gasteiger partial charge in [-0.05, 0) is 37.5 Å². The van der Waals surface area contributed by atoms with Crippen LogP contribution in [0, 0.1) is 17.8 Å². The van der Waals surface area contributed by atoms with Gasteiger partial charge in [-0.3, -0.25) is 9.59 Å². The summed E-state index contributed by atoms with van der Waals surface area (Å²) in [5, 5.41) is 8.93. The number of nitrogens with zero attached hydrogens (tertiary/aromatic N) is 1. The fourth-order valence-electron chi connectivity index (χ4n) is 3.82. The van der Waals surface area contributed by atoms with Crippen LogP contribution in [0.5, 0.6) is 0 Å². The molecule has 0 spiro atoms. The largest absolute Gasteiger partial charge is 0.481 e. The van der Waals surface area contributed by atoms with Crippen LogP contribution >= 0.6 is 0 Å². The third-order valence-corrected chi connectivity index (χ3v) is 5.21. The number of aliphatic carboxylic acids is 1. The molecule has 21 heavy (non-hydrogen) atoms. The van der Waals surface area contributed by atoms with E-state index in [4.69, 9.17) is 10.8 Å². The van der Waals surface area contributed by atoms with Crippen molar-refractivity contribution in [1.29, 1.82) is 0 Å². The predicted octanol–water partition coefficient (Wildman–Crippen LogP) is 1.85. The fourth-order valence-corrected chi connectivity index (χ4v) is 3.82. The van der Waals surface area contributed by atoms with E-state index in [2.05, 4.69) is 0 Å². The maximum atomic E-state index is 12.7. The zero-order valence-corrected chi connectivity index (χ0v) is 13.0. The normalized spacial score (nSPS) is 31.7. The molecule has 5 heteroatoms. The Balaban J connectivity index is 1.93. The number of nitrogens with two attached hydrogens (primary N) is 1. The van der Waals surface area contributed by atoms with Crippen molar-refractivity contribution in [2.45, 2.75) is 57.9 Å². The summed E-state index contributed by atoms with van der Waals surface area (Å²) in [6.07, 6.45) is 6.27. The first-order valence-corrected chi connectivity index (χ1v) is 8.25. The van der Waals surface area contributed by atoms with Crippen molar-refractivity contribution < 1.29 is 14.7 Å². The molecule has 5 nitrogen and oxygen atoms in total. The summed E-state index contributed by atoms with van der Waals surface area (Å²) in [6.45, 7) is 3.49. The van der Waals surface area contributed by atoms with Crippen LogP contribution in [0.2, 0.25) is 0 Å². The lowest BCUT2D eigenvalue weighted by molar-refractivity contribution is -0.140. The van der Waals surface area contributed by atoms with E-state index in [9.17, 15) is 9.59 Å². The standard InChI is InChI=1S/C16H28N2O3/c1-11(9-15(19)20)12-5-4-8-18(10-12)16(21)13-6-2-3-7-14(13)17/h11-14H,2-10,17H2,1H3,(H,19,20). The second-order valence-corrected chi connectivity index (χ2v) is 6.82. The van der Waals surface area contributed by atoms with Gasteiger partial charge in [0.15, 0.2) is 0 Å². The SMILES string of the molecule is CC(CC(=O)O)C1CCCN(C(=O)C2CCCCC2N)C1. The molecular formula is C16H28N2O3. The Hall–Kier alpha value is -1.10. The lowest BCUT2D eigenvalue weighted by atomic mass is 9.81. The minimum Gasteiger partial charge on any atom is -0.481 e. The van der Waals surface area contributed by atoms with Crippen molar-refractivity contribution in [3.63, 3.8) is 0 Å². The number of carboxylic acid groups (broad SMARTS) is 1. The van der Waals surface area contributed by atoms with Crippen LogP contribution in [0.4, 0.5) is 0 Å². The highest BCUT2D eigenvalue weighted by Gasteiger charge is 2.35. The Morgan fingerprint density at radius 2 is 1.95 bits per heavy atom. The molecule has 0 aromatic rings. The van der Waals surface area contributed by atoms with Crippen molar-refractivity contribution in [2.24, 2.45) is 23.5 Å². The van der Waals surface area contributed by atoms with Crippen molar-refractivity contribution in [3.8, 4) is 0 Å². The van der Waals surface area contributed by atoms with Crippen LogP contribution in [0.3, 0.4) is 0 Å². The molecule has 3 N–H and O–H groups in total. The Morgan fingerprint density at radius 3 is 2.62 bits per heavy atom. The smallest absolute Gasteiger partial charge is 0.303 e. The van der Waals surface area contributed by atoms with Gasteiger partial charge in [0.1, 0.15) is 0 Å². The van der Waals surface area contributed by atoms with Crippen LogP contribution in [0.15, 0.2) is 0 Å². The Labute approximate surface area is 126 Å². The summed E-state index contributed by atoms with van der Waals surface area (Å²) in [6, 6.07) is 0.00284. The molecule has 1 heterocycles. The number of hydrogen-bond acceptors (Lipinski definition) is 3. The molecule has 4 atom stereocenters. The van der Waals surface area contributed by atoms with Crippen LogP contribution in [-0.4, -0.2) is 41.0 Å². The average Bonchev–Trinajstić information content (AvgIpc) is 2.46. The minimum atomic E-state index is -0.750. The van der Waals surface area contributed by atoms with Gasteiger partial charge in [0.25, 0.3) is 0 Å². The summed E-state index contributed by atoms with van der Waals surface area (Å²) in [5.41, 5.74) is 6.12. The van der Waals surface area contributed by atoms with E-state index in [0.29, 0.717) is 12.5 Å². The zero-order chi connectivity index (χ0) is 15.4. The van der Waals surface area contributed by atoms with Crippen LogP contribution in [-0.2, 0) is 9.59 Å². The molecule has 1 aliphatic heterocycles. The first kappa shape index (κ1) is 16.3. The molecular weight excluding hydrogens is 268 g/mol. The Kier molecular flexibility index (Phi) is 5.62. The summed E-state index contributed by atoms with van der Waals surface area (Å²) >= 11 is 0. The maximum Gasteiger partial charge on any atom is 0.303 e. The van der Waals surface area contributed by atoms with Crippen molar-refractivity contribution in [3.05, 3.63) is 0 Å². The Morgan fingerprint density at radius 1 is 1.24 bits per heavy atom. The molecule has 1 aliphatic carbocycles. The number of rotatable bonds is 4. The van der Waals surface area contributed by atoms with Gasteiger partial charge in [0.2, 0.25) is 5.91 Å². The highest BCUT2D eigenvalue weighted by Crippen LogP contribution is 2.30. The topological polar surface area (TPSA) is 83.6 Å². The maximum absolute atomic E-state index is 12.7. The van der Waals surface area contributed by atoms with Gasteiger partial charge in [-0.2, -0.15) is 0 Å². The number of amides is 1. The quantitative estimate of drug-likeness (QED) is 0.829. The predicted molar refractivity (Wildman–Crippen MR) is 80.7 cm³/mol. The molecule has 2 aliphatic rings. The molecule has 2 rings (SSSR count). The summed E-state index contributed by atoms with van der Waals surface area (Å²) < 4.78 is 0. The van der Waals surface area contributed by atoms with Crippen molar-refractivity contribution in [1.82, 2.24) is 4.90 Å². The molecule has 1 saturated carbocycles. The molecule has 120 valence electrons. The highest BCUT2D eigenvalue weighted by atomic mass is 16.4. The van der Waals surface area contributed by atoms with Gasteiger partial charge < -0.3 is 15.7 Å². The first-order chi connectivity index (χ1) is 9.99. The van der Waals surface area contributed by atoms with Gasteiger partial charge in [0.05, 0.1) is 5.92 Å². The molecule has 0 bridgehead atoms. The second kappa shape index (κ2) is 7.25. The van der Waals surface area contributed by atoms with Gasteiger partial charge in [-0.1, -0.05) is 19.8 Å². The van der Waals surface area contributed by atoms with E-state index in [0.717, 1.165) is 45.1 Å². The summed E-state index contributed by atoms with van der Waals surface area (Å²) in [7, 11) is 0. The van der Waals surface area contributed by atoms with Crippen LogP contribution < -0.4 is 5.73 Å². The molecule has 1 amide bonds. The van der Waals surface area contributed by atoms with Gasteiger partial charge in [-0.15, -0.1) is 0 Å². The van der Waals surface area contributed by atoms with Crippen molar-refractivity contribution in [2.75, 3.05) is 13.1 Å². The van der Waals surface area contributed by atoms with Gasteiger partial charge in [0, 0.05) is 25.6 Å². The van der Waals surface area contributed by atoms with Crippen molar-refractivity contribution >= 4 is 11.9 Å². The second-order valence-electron chi connectivity index (χ2n) is 6.82. The first-order valence-electron chi connectivity index (χ1n) is 8.25. The number of carbonyl (C=O) groups excluding carboxylic acids is 1. The molecule has 0 radical (unpaired) electrons. The lowest BCUT2D eigenvalue weighted by Gasteiger charge is -2.39. The minimum absolute atomic E-state index is 0.00284. The van der Waals surface area contributed by atoms with E-state index in [1.54, 1.807) is 0 Å². The molecule has 4 unspecified atom stereocenters. The summed E-state index contributed by atoms with van der Waals surface area (Å²) in [5.74, 6) is -0.140. The number of carbonyl (C=O) groups is 2. The van der Waals surface area contributed by atoms with Crippen LogP contribution in [0.1, 0.15) is 51.9 Å². The van der Waals surface area contributed by atoms with E-state index in [1.165, 1.54) is 0 Å². The van der Waals surface area contributed by atoms with E-state index in [1.807, 2.05) is 11.8 Å². The molecule has 0 aromatic heterocycles. The average molecular weight is 296 g/mol. The monoisotopic (exact) mass is 296 g/mol. The van der Waals surface area contributed by atoms with Gasteiger partial charge in [-0.25, -0.2) is 0 Å². The number of piperidine rings is 1. The fraction of sp³-hybridized carbons (Fsp3) is 0.875. The van der Waals surface area contributed by atoms with E-state index >= 15 is 0 Å². The zero-order valence-electron chi connectivity index (χ0n) is 13.0. The molecule has 2 fully saturated rings. The van der Waals surface area contributed by atoms with E-state index in [-0.39, 0.29) is 30.2 Å². The third kappa shape index (κ3) is 4.19.